The van der Waals surface area contributed by atoms with Crippen molar-refractivity contribution >= 4 is 38.9 Å². The number of carbonyl (C=O) groups excluding carboxylic acids is 1. The number of methoxy groups -OCH3 is 1. The van der Waals surface area contributed by atoms with Crippen LogP contribution in [0.15, 0.2) is 40.9 Å². The summed E-state index contributed by atoms with van der Waals surface area (Å²) >= 11 is 3.35. The summed E-state index contributed by atoms with van der Waals surface area (Å²) in [6, 6.07) is 10.1. The first-order chi connectivity index (χ1) is 9.49. The lowest BCUT2D eigenvalue weighted by molar-refractivity contribution is 0.102. The molecule has 2 aromatic carbocycles. The lowest BCUT2D eigenvalue weighted by Gasteiger charge is -2.10. The molecular weight excluding hydrogens is 322 g/mol. The highest BCUT2D eigenvalue weighted by Gasteiger charge is 2.11. The molecule has 104 valence electrons. The van der Waals surface area contributed by atoms with Crippen LogP contribution in [0.2, 0.25) is 0 Å². The number of hydrogen-bond acceptors (Lipinski definition) is 4. The van der Waals surface area contributed by atoms with Gasteiger partial charge in [-0.25, -0.2) is 0 Å². The summed E-state index contributed by atoms with van der Waals surface area (Å²) in [5.74, 6) is 0.336. The molecule has 0 aliphatic carbocycles. The van der Waals surface area contributed by atoms with E-state index in [0.29, 0.717) is 28.4 Å². The Hall–Kier alpha value is -2.21. The summed E-state index contributed by atoms with van der Waals surface area (Å²) in [4.78, 5) is 12.2. The first-order valence-corrected chi connectivity index (χ1v) is 6.60. The molecule has 0 saturated carbocycles. The number of nitrogen functional groups attached to an aromatic ring is 2. The van der Waals surface area contributed by atoms with E-state index >= 15 is 0 Å². The van der Waals surface area contributed by atoms with Crippen LogP contribution in [-0.4, -0.2) is 13.0 Å². The molecule has 0 unspecified atom stereocenters. The fourth-order valence-corrected chi connectivity index (χ4v) is 2.21. The molecule has 2 aromatic rings. The van der Waals surface area contributed by atoms with Crippen LogP contribution in [-0.2, 0) is 0 Å². The molecule has 0 heterocycles. The van der Waals surface area contributed by atoms with Gasteiger partial charge in [0.1, 0.15) is 5.75 Å². The van der Waals surface area contributed by atoms with Crippen LogP contribution in [0.5, 0.6) is 5.75 Å². The van der Waals surface area contributed by atoms with Gasteiger partial charge in [0.25, 0.3) is 5.91 Å². The van der Waals surface area contributed by atoms with E-state index < -0.39 is 0 Å². The number of carbonyl (C=O) groups is 1. The molecule has 0 spiro atoms. The Bertz CT molecular complexity index is 659. The molecule has 0 bridgehead atoms. The Morgan fingerprint density at radius 2 is 1.95 bits per heavy atom. The number of halogens is 1. The standard InChI is InChI=1S/C14H14BrN3O2/c1-20-11-5-8(15)4-10(7-11)18-14(19)12-3-2-9(16)6-13(12)17/h2-7H,16-17H2,1H3,(H,18,19). The van der Waals surface area contributed by atoms with Crippen molar-refractivity contribution in [1.82, 2.24) is 0 Å². The molecule has 0 aliphatic rings. The summed E-state index contributed by atoms with van der Waals surface area (Å²) in [6.07, 6.45) is 0. The normalized spacial score (nSPS) is 10.1. The molecule has 5 nitrogen and oxygen atoms in total. The molecule has 2 rings (SSSR count). The van der Waals surface area contributed by atoms with E-state index in [-0.39, 0.29) is 5.91 Å². The van der Waals surface area contributed by atoms with Gasteiger partial charge in [-0.1, -0.05) is 15.9 Å². The molecule has 0 fully saturated rings. The molecule has 20 heavy (non-hydrogen) atoms. The summed E-state index contributed by atoms with van der Waals surface area (Å²) in [6.45, 7) is 0. The van der Waals surface area contributed by atoms with Gasteiger partial charge in [0, 0.05) is 27.6 Å². The fourth-order valence-electron chi connectivity index (χ4n) is 1.74. The van der Waals surface area contributed by atoms with Crippen molar-refractivity contribution in [2.75, 3.05) is 23.9 Å². The van der Waals surface area contributed by atoms with E-state index in [9.17, 15) is 4.79 Å². The van der Waals surface area contributed by atoms with Gasteiger partial charge in [0.05, 0.1) is 12.7 Å². The van der Waals surface area contributed by atoms with Gasteiger partial charge in [0.15, 0.2) is 0 Å². The van der Waals surface area contributed by atoms with Crippen LogP contribution < -0.4 is 21.5 Å². The van der Waals surface area contributed by atoms with Crippen LogP contribution in [0.4, 0.5) is 17.1 Å². The number of benzene rings is 2. The number of nitrogens with one attached hydrogen (secondary N) is 1. The molecule has 0 aliphatic heterocycles. The third-order valence-corrected chi connectivity index (χ3v) is 3.14. The highest BCUT2D eigenvalue weighted by molar-refractivity contribution is 9.10. The van der Waals surface area contributed by atoms with Crippen molar-refractivity contribution in [3.05, 3.63) is 46.4 Å². The zero-order valence-electron chi connectivity index (χ0n) is 10.8. The minimum absolute atomic E-state index is 0.303. The van der Waals surface area contributed by atoms with E-state index in [1.54, 1.807) is 43.5 Å². The summed E-state index contributed by atoms with van der Waals surface area (Å²) in [5, 5.41) is 2.76. The summed E-state index contributed by atoms with van der Waals surface area (Å²) in [5.41, 5.74) is 13.2. The van der Waals surface area contributed by atoms with E-state index in [2.05, 4.69) is 21.2 Å². The second-order valence-corrected chi connectivity index (χ2v) is 5.10. The SMILES string of the molecule is COc1cc(Br)cc(NC(=O)c2ccc(N)cc2N)c1. The molecule has 0 aromatic heterocycles. The minimum atomic E-state index is -0.303. The van der Waals surface area contributed by atoms with Gasteiger partial charge >= 0.3 is 0 Å². The minimum Gasteiger partial charge on any atom is -0.497 e. The van der Waals surface area contributed by atoms with Gasteiger partial charge in [-0.15, -0.1) is 0 Å². The second kappa shape index (κ2) is 5.83. The number of nitrogens with two attached hydrogens (primary N) is 2. The highest BCUT2D eigenvalue weighted by atomic mass is 79.9. The quantitative estimate of drug-likeness (QED) is 0.752. The van der Waals surface area contributed by atoms with E-state index in [4.69, 9.17) is 16.2 Å². The van der Waals surface area contributed by atoms with Crippen LogP contribution in [0.1, 0.15) is 10.4 Å². The van der Waals surface area contributed by atoms with Gasteiger partial charge < -0.3 is 21.5 Å². The zero-order chi connectivity index (χ0) is 14.7. The number of amides is 1. The molecule has 5 N–H and O–H groups in total. The summed E-state index contributed by atoms with van der Waals surface area (Å²) < 4.78 is 5.94. The Morgan fingerprint density at radius 3 is 2.60 bits per heavy atom. The average Bonchev–Trinajstić information content (AvgIpc) is 2.37. The largest absolute Gasteiger partial charge is 0.497 e. The van der Waals surface area contributed by atoms with E-state index in [0.717, 1.165) is 4.47 Å². The average molecular weight is 336 g/mol. The van der Waals surface area contributed by atoms with Crippen molar-refractivity contribution in [2.24, 2.45) is 0 Å². The predicted octanol–water partition coefficient (Wildman–Crippen LogP) is 2.87. The maximum atomic E-state index is 12.2. The number of ether oxygens (including phenoxy) is 1. The van der Waals surface area contributed by atoms with Crippen molar-refractivity contribution in [3.8, 4) is 5.75 Å². The number of anilines is 3. The number of rotatable bonds is 3. The molecular formula is C14H14BrN3O2. The van der Waals surface area contributed by atoms with Crippen molar-refractivity contribution < 1.29 is 9.53 Å². The van der Waals surface area contributed by atoms with Crippen LogP contribution >= 0.6 is 15.9 Å². The van der Waals surface area contributed by atoms with Crippen LogP contribution in [0.25, 0.3) is 0 Å². The highest BCUT2D eigenvalue weighted by Crippen LogP contribution is 2.25. The molecule has 6 heteroatoms. The zero-order valence-corrected chi connectivity index (χ0v) is 12.4. The third-order valence-electron chi connectivity index (χ3n) is 2.69. The van der Waals surface area contributed by atoms with E-state index in [1.165, 1.54) is 0 Å². The van der Waals surface area contributed by atoms with Crippen molar-refractivity contribution in [2.45, 2.75) is 0 Å². The Kier molecular flexibility index (Phi) is 4.14. The Morgan fingerprint density at radius 1 is 1.20 bits per heavy atom. The fraction of sp³-hybridized carbons (Fsp3) is 0.0714. The van der Waals surface area contributed by atoms with Gasteiger partial charge in [0.2, 0.25) is 0 Å². The van der Waals surface area contributed by atoms with Gasteiger partial charge in [-0.2, -0.15) is 0 Å². The lowest BCUT2D eigenvalue weighted by atomic mass is 10.1. The van der Waals surface area contributed by atoms with Crippen molar-refractivity contribution in [3.63, 3.8) is 0 Å². The van der Waals surface area contributed by atoms with E-state index in [1.807, 2.05) is 0 Å². The molecule has 0 radical (unpaired) electrons. The predicted molar refractivity (Wildman–Crippen MR) is 83.9 cm³/mol. The van der Waals surface area contributed by atoms with Crippen LogP contribution in [0.3, 0.4) is 0 Å². The first kappa shape index (κ1) is 14.2. The van der Waals surface area contributed by atoms with Gasteiger partial charge in [-0.05, 0) is 30.3 Å². The second-order valence-electron chi connectivity index (χ2n) is 4.18. The van der Waals surface area contributed by atoms with Gasteiger partial charge in [-0.3, -0.25) is 4.79 Å². The third kappa shape index (κ3) is 3.21. The Labute approximate surface area is 125 Å². The topological polar surface area (TPSA) is 90.4 Å². The smallest absolute Gasteiger partial charge is 0.257 e. The first-order valence-electron chi connectivity index (χ1n) is 5.80. The molecule has 0 atom stereocenters. The maximum absolute atomic E-state index is 12.2. The monoisotopic (exact) mass is 335 g/mol. The van der Waals surface area contributed by atoms with Crippen molar-refractivity contribution in [1.29, 1.82) is 0 Å². The van der Waals surface area contributed by atoms with Crippen LogP contribution in [0, 0.1) is 0 Å². The maximum Gasteiger partial charge on any atom is 0.257 e. The number of hydrogen-bond donors (Lipinski definition) is 3. The lowest BCUT2D eigenvalue weighted by Crippen LogP contribution is -2.14. The Balaban J connectivity index is 2.25. The molecule has 1 amide bonds. The summed E-state index contributed by atoms with van der Waals surface area (Å²) in [7, 11) is 1.56. The molecule has 0 saturated heterocycles.